The zero-order valence-electron chi connectivity index (χ0n) is 19.4. The molecule has 1 aliphatic heterocycles. The summed E-state index contributed by atoms with van der Waals surface area (Å²) in [7, 11) is 0. The Balaban J connectivity index is 1.51. The molecule has 0 unspecified atom stereocenters. The van der Waals surface area contributed by atoms with Gasteiger partial charge in [-0.2, -0.15) is 0 Å². The second-order valence-corrected chi connectivity index (χ2v) is 10.6. The average Bonchev–Trinajstić information content (AvgIpc) is 3.12. The molecular formula is C27H38O5. The van der Waals surface area contributed by atoms with E-state index in [1.807, 2.05) is 6.08 Å². The van der Waals surface area contributed by atoms with Gasteiger partial charge in [0.05, 0.1) is 24.4 Å². The fourth-order valence-corrected chi connectivity index (χ4v) is 6.92. The molecular weight excluding hydrogens is 404 g/mol. The van der Waals surface area contributed by atoms with Crippen LogP contribution in [0, 0.1) is 23.2 Å². The van der Waals surface area contributed by atoms with Crippen LogP contribution in [0.2, 0.25) is 0 Å². The van der Waals surface area contributed by atoms with Crippen molar-refractivity contribution in [3.63, 3.8) is 0 Å². The summed E-state index contributed by atoms with van der Waals surface area (Å²) in [5.74, 6) is 0.893. The van der Waals surface area contributed by atoms with Crippen molar-refractivity contribution in [2.24, 2.45) is 23.2 Å². The Morgan fingerprint density at radius 1 is 1.31 bits per heavy atom. The first-order valence-electron chi connectivity index (χ1n) is 12.2. The molecule has 4 aliphatic rings. The van der Waals surface area contributed by atoms with Gasteiger partial charge in [0.15, 0.2) is 0 Å². The minimum absolute atomic E-state index is 0.122. The third kappa shape index (κ3) is 4.27. The van der Waals surface area contributed by atoms with Gasteiger partial charge in [-0.1, -0.05) is 44.2 Å². The monoisotopic (exact) mass is 442 g/mol. The van der Waals surface area contributed by atoms with Crippen LogP contribution in [-0.4, -0.2) is 46.2 Å². The van der Waals surface area contributed by atoms with Gasteiger partial charge in [-0.15, -0.1) is 0 Å². The summed E-state index contributed by atoms with van der Waals surface area (Å²) >= 11 is 0. The number of rotatable bonds is 4. The fraction of sp³-hybridized carbons (Fsp3) is 0.667. The van der Waals surface area contributed by atoms with Crippen LogP contribution in [0.3, 0.4) is 0 Å². The standard InChI is InChI=1S/C27H38O5/c1-16-19(13-21(29)14-24(16)30)7-6-18-5-4-12-27(3)22(9-10-23(18)27)17(2)25-11-8-20(15-28)26(31)32-25/h6-8,17,21-25,28-30H,1,4-5,9-15H2,2-3H3/b18-6-,19-7-/t17-,21+,22+,23-,24-,25+,27+/m0/s1. The number of carbonyl (C=O) groups excluding carboxylic acids is 1. The van der Waals surface area contributed by atoms with E-state index in [9.17, 15) is 20.1 Å². The summed E-state index contributed by atoms with van der Waals surface area (Å²) in [6.45, 7) is 8.42. The molecule has 32 heavy (non-hydrogen) atoms. The van der Waals surface area contributed by atoms with Gasteiger partial charge in [-0.3, -0.25) is 0 Å². The van der Waals surface area contributed by atoms with Crippen molar-refractivity contribution in [3.05, 3.63) is 47.1 Å². The Kier molecular flexibility index (Phi) is 6.81. The van der Waals surface area contributed by atoms with Gasteiger partial charge in [0.25, 0.3) is 0 Å². The van der Waals surface area contributed by atoms with Crippen LogP contribution in [0.5, 0.6) is 0 Å². The van der Waals surface area contributed by atoms with Gasteiger partial charge in [0.1, 0.15) is 6.10 Å². The van der Waals surface area contributed by atoms with E-state index in [1.165, 1.54) is 12.0 Å². The fourth-order valence-electron chi connectivity index (χ4n) is 6.92. The Morgan fingerprint density at radius 3 is 2.81 bits per heavy atom. The van der Waals surface area contributed by atoms with Crippen LogP contribution >= 0.6 is 0 Å². The molecule has 7 atom stereocenters. The highest BCUT2D eigenvalue weighted by Crippen LogP contribution is 2.60. The van der Waals surface area contributed by atoms with Crippen LogP contribution in [0.4, 0.5) is 0 Å². The van der Waals surface area contributed by atoms with E-state index >= 15 is 0 Å². The Hall–Kier alpha value is -1.69. The molecule has 0 spiro atoms. The Bertz CT molecular complexity index is 852. The predicted molar refractivity (Wildman–Crippen MR) is 124 cm³/mol. The number of aliphatic hydroxyl groups is 3. The molecule has 4 rings (SSSR count). The second-order valence-electron chi connectivity index (χ2n) is 10.6. The van der Waals surface area contributed by atoms with Crippen LogP contribution in [-0.2, 0) is 9.53 Å². The van der Waals surface area contributed by atoms with Crippen molar-refractivity contribution < 1.29 is 24.9 Å². The Labute approximate surface area is 191 Å². The smallest absolute Gasteiger partial charge is 0.336 e. The van der Waals surface area contributed by atoms with E-state index in [4.69, 9.17) is 4.74 Å². The van der Waals surface area contributed by atoms with Gasteiger partial charge in [-0.25, -0.2) is 4.79 Å². The van der Waals surface area contributed by atoms with Gasteiger partial charge in [0.2, 0.25) is 0 Å². The first kappa shape index (κ1) is 23.5. The number of hydrogen-bond donors (Lipinski definition) is 3. The number of ether oxygens (including phenoxy) is 1. The third-order valence-electron chi connectivity index (χ3n) is 8.81. The molecule has 176 valence electrons. The number of cyclic esters (lactones) is 1. The molecule has 0 saturated heterocycles. The maximum atomic E-state index is 12.2. The maximum absolute atomic E-state index is 12.2. The van der Waals surface area contributed by atoms with E-state index in [0.717, 1.165) is 36.8 Å². The SMILES string of the molecule is C=C1/C(=C\C=C2\CCC[C@]3(C)[C@@H]([C@H](C)[C@H]4CC=C(CO)C(=O)O4)CC[C@@H]23)C[C@@H](O)C[C@@H]1O. The minimum atomic E-state index is -0.657. The summed E-state index contributed by atoms with van der Waals surface area (Å²) in [6.07, 6.45) is 12.2. The number of hydrogen-bond acceptors (Lipinski definition) is 5. The molecule has 0 radical (unpaired) electrons. The topological polar surface area (TPSA) is 87.0 Å². The summed E-state index contributed by atoms with van der Waals surface area (Å²) in [6, 6.07) is 0. The van der Waals surface area contributed by atoms with E-state index in [-0.39, 0.29) is 30.0 Å². The summed E-state index contributed by atoms with van der Waals surface area (Å²) in [4.78, 5) is 12.2. The summed E-state index contributed by atoms with van der Waals surface area (Å²) in [5.41, 5.74) is 3.71. The first-order chi connectivity index (χ1) is 15.2. The number of allylic oxidation sites excluding steroid dienone is 3. The molecule has 3 N–H and O–H groups in total. The predicted octanol–water partition coefficient (Wildman–Crippen LogP) is 4.00. The second kappa shape index (κ2) is 9.28. The average molecular weight is 443 g/mol. The number of esters is 1. The van der Waals surface area contributed by atoms with Crippen LogP contribution in [0.1, 0.15) is 65.2 Å². The lowest BCUT2D eigenvalue weighted by atomic mass is 9.60. The summed E-state index contributed by atoms with van der Waals surface area (Å²) < 4.78 is 5.73. The highest BCUT2D eigenvalue weighted by atomic mass is 16.5. The number of aliphatic hydroxyl groups excluding tert-OH is 3. The largest absolute Gasteiger partial charge is 0.458 e. The highest BCUT2D eigenvalue weighted by Gasteiger charge is 2.52. The lowest BCUT2D eigenvalue weighted by Crippen LogP contribution is -2.41. The van der Waals surface area contributed by atoms with Crippen molar-refractivity contribution in [1.82, 2.24) is 0 Å². The third-order valence-corrected chi connectivity index (χ3v) is 8.81. The zero-order chi connectivity index (χ0) is 23.0. The lowest BCUT2D eigenvalue weighted by molar-refractivity contribution is -0.151. The van der Waals surface area contributed by atoms with Crippen molar-refractivity contribution in [1.29, 1.82) is 0 Å². The molecule has 5 heteroatoms. The van der Waals surface area contributed by atoms with Crippen molar-refractivity contribution in [2.75, 3.05) is 6.61 Å². The van der Waals surface area contributed by atoms with Crippen LogP contribution in [0.15, 0.2) is 47.1 Å². The van der Waals surface area contributed by atoms with E-state index in [0.29, 0.717) is 36.7 Å². The zero-order valence-corrected chi connectivity index (χ0v) is 19.4. The minimum Gasteiger partial charge on any atom is -0.458 e. The lowest BCUT2D eigenvalue weighted by Gasteiger charge is -2.45. The van der Waals surface area contributed by atoms with Crippen LogP contribution < -0.4 is 0 Å². The van der Waals surface area contributed by atoms with Crippen molar-refractivity contribution >= 4 is 5.97 Å². The van der Waals surface area contributed by atoms with E-state index < -0.39 is 12.2 Å². The van der Waals surface area contributed by atoms with Crippen molar-refractivity contribution in [3.8, 4) is 0 Å². The molecule has 3 fully saturated rings. The van der Waals surface area contributed by atoms with Gasteiger partial charge in [-0.05, 0) is 72.8 Å². The van der Waals surface area contributed by atoms with Crippen LogP contribution in [0.25, 0.3) is 0 Å². The molecule has 0 aromatic carbocycles. The highest BCUT2D eigenvalue weighted by molar-refractivity contribution is 5.89. The quantitative estimate of drug-likeness (QED) is 0.573. The van der Waals surface area contributed by atoms with Gasteiger partial charge in [0, 0.05) is 12.8 Å². The first-order valence-corrected chi connectivity index (χ1v) is 12.2. The number of carbonyl (C=O) groups is 1. The molecule has 0 bridgehead atoms. The molecule has 0 aromatic rings. The molecule has 3 saturated carbocycles. The van der Waals surface area contributed by atoms with Gasteiger partial charge < -0.3 is 20.1 Å². The maximum Gasteiger partial charge on any atom is 0.336 e. The molecule has 0 aromatic heterocycles. The van der Waals surface area contributed by atoms with Gasteiger partial charge >= 0.3 is 5.97 Å². The number of fused-ring (bicyclic) bond motifs is 1. The molecule has 3 aliphatic carbocycles. The van der Waals surface area contributed by atoms with E-state index in [1.54, 1.807) is 0 Å². The molecule has 1 heterocycles. The van der Waals surface area contributed by atoms with Crippen molar-refractivity contribution in [2.45, 2.75) is 83.5 Å². The normalized spacial score (nSPS) is 41.4. The molecule has 0 amide bonds. The van der Waals surface area contributed by atoms with E-state index in [2.05, 4.69) is 32.6 Å². The Morgan fingerprint density at radius 2 is 2.09 bits per heavy atom. The molecule has 5 nitrogen and oxygen atoms in total. The summed E-state index contributed by atoms with van der Waals surface area (Å²) in [5, 5.41) is 29.5.